The van der Waals surface area contributed by atoms with Crippen molar-refractivity contribution in [3.63, 3.8) is 0 Å². The van der Waals surface area contributed by atoms with E-state index in [0.29, 0.717) is 19.8 Å². The van der Waals surface area contributed by atoms with Crippen molar-refractivity contribution in [1.29, 1.82) is 0 Å². The number of rotatable bonds is 7. The number of urea groups is 1. The topological polar surface area (TPSA) is 67.9 Å². The Balaban J connectivity index is 4.30. The molecule has 0 spiro atoms. The highest BCUT2D eigenvalue weighted by atomic mass is 16.5. The van der Waals surface area contributed by atoms with Crippen molar-refractivity contribution in [1.82, 2.24) is 10.2 Å². The van der Waals surface area contributed by atoms with Crippen LogP contribution in [0.2, 0.25) is 0 Å². The molecule has 100 valence electrons. The molecular weight excluding hydrogens is 224 g/mol. The largest absolute Gasteiger partial charge is 0.465 e. The van der Waals surface area contributed by atoms with Gasteiger partial charge in [0.2, 0.25) is 0 Å². The summed E-state index contributed by atoms with van der Waals surface area (Å²) in [5, 5.41) is 2.72. The Labute approximate surface area is 102 Å². The van der Waals surface area contributed by atoms with E-state index >= 15 is 0 Å². The predicted octanol–water partition coefficient (Wildman–Crippen LogP) is 0.616. The van der Waals surface area contributed by atoms with Crippen LogP contribution in [-0.4, -0.2) is 56.4 Å². The lowest BCUT2D eigenvalue weighted by atomic mass is 10.4. The second kappa shape index (κ2) is 8.81. The lowest BCUT2D eigenvalue weighted by Crippen LogP contribution is -2.46. The van der Waals surface area contributed by atoms with E-state index in [-0.39, 0.29) is 18.6 Å². The van der Waals surface area contributed by atoms with Crippen molar-refractivity contribution >= 4 is 12.0 Å². The van der Waals surface area contributed by atoms with Gasteiger partial charge in [-0.05, 0) is 20.8 Å². The third-order valence-electron chi connectivity index (χ3n) is 1.89. The van der Waals surface area contributed by atoms with Crippen LogP contribution < -0.4 is 5.32 Å². The van der Waals surface area contributed by atoms with Gasteiger partial charge in [-0.25, -0.2) is 4.79 Å². The summed E-state index contributed by atoms with van der Waals surface area (Å²) in [7, 11) is 1.54. The third kappa shape index (κ3) is 7.57. The molecule has 0 fully saturated rings. The van der Waals surface area contributed by atoms with Gasteiger partial charge in [0, 0.05) is 19.7 Å². The van der Waals surface area contributed by atoms with Crippen molar-refractivity contribution in [2.45, 2.75) is 26.8 Å². The molecule has 0 heterocycles. The molecule has 0 aromatic heterocycles. The Morgan fingerprint density at radius 1 is 1.35 bits per heavy atom. The SMILES string of the molecule is CCOC(=O)CN(CCOC)C(=O)NC(C)C. The fraction of sp³-hybridized carbons (Fsp3) is 0.818. The fourth-order valence-corrected chi connectivity index (χ4v) is 1.15. The van der Waals surface area contributed by atoms with Crippen LogP contribution in [-0.2, 0) is 14.3 Å². The maximum Gasteiger partial charge on any atom is 0.325 e. The van der Waals surface area contributed by atoms with E-state index in [2.05, 4.69) is 5.32 Å². The van der Waals surface area contributed by atoms with Gasteiger partial charge >= 0.3 is 12.0 Å². The first-order valence-corrected chi connectivity index (χ1v) is 5.71. The summed E-state index contributed by atoms with van der Waals surface area (Å²) < 4.78 is 9.70. The van der Waals surface area contributed by atoms with E-state index in [0.717, 1.165) is 0 Å². The van der Waals surface area contributed by atoms with E-state index in [1.165, 1.54) is 4.90 Å². The minimum Gasteiger partial charge on any atom is -0.465 e. The van der Waals surface area contributed by atoms with E-state index in [4.69, 9.17) is 9.47 Å². The summed E-state index contributed by atoms with van der Waals surface area (Å²) in [6, 6.07) is -0.264. The van der Waals surface area contributed by atoms with Crippen molar-refractivity contribution in [3.05, 3.63) is 0 Å². The first-order chi connectivity index (χ1) is 8.01. The molecule has 17 heavy (non-hydrogen) atoms. The smallest absolute Gasteiger partial charge is 0.325 e. The molecule has 0 aromatic carbocycles. The van der Waals surface area contributed by atoms with Crippen molar-refractivity contribution in [3.8, 4) is 0 Å². The first-order valence-electron chi connectivity index (χ1n) is 5.71. The number of ether oxygens (including phenoxy) is 2. The highest BCUT2D eigenvalue weighted by molar-refractivity contribution is 5.81. The maximum atomic E-state index is 11.8. The van der Waals surface area contributed by atoms with Gasteiger partial charge < -0.3 is 19.7 Å². The molecule has 0 aliphatic heterocycles. The molecule has 0 saturated carbocycles. The quantitative estimate of drug-likeness (QED) is 0.668. The average molecular weight is 246 g/mol. The molecule has 0 aliphatic carbocycles. The number of carbonyl (C=O) groups excluding carboxylic acids is 2. The summed E-state index contributed by atoms with van der Waals surface area (Å²) in [6.07, 6.45) is 0. The normalized spacial score (nSPS) is 10.2. The van der Waals surface area contributed by atoms with Gasteiger partial charge in [0.1, 0.15) is 6.54 Å². The Bertz CT molecular complexity index is 244. The van der Waals surface area contributed by atoms with Gasteiger partial charge in [0.25, 0.3) is 0 Å². The Hall–Kier alpha value is -1.30. The Morgan fingerprint density at radius 3 is 2.47 bits per heavy atom. The summed E-state index contributed by atoms with van der Waals surface area (Å²) in [5.41, 5.74) is 0. The lowest BCUT2D eigenvalue weighted by Gasteiger charge is -2.23. The van der Waals surface area contributed by atoms with Crippen molar-refractivity contribution in [2.24, 2.45) is 0 Å². The summed E-state index contributed by atoms with van der Waals surface area (Å²) in [6.45, 7) is 6.43. The molecule has 6 heteroatoms. The molecule has 2 amide bonds. The Morgan fingerprint density at radius 2 is 2.00 bits per heavy atom. The number of nitrogens with one attached hydrogen (secondary N) is 1. The monoisotopic (exact) mass is 246 g/mol. The van der Waals surface area contributed by atoms with Crippen LogP contribution >= 0.6 is 0 Å². The Kier molecular flexibility index (Phi) is 8.13. The number of amides is 2. The molecule has 0 saturated heterocycles. The molecule has 0 aromatic rings. The first kappa shape index (κ1) is 15.7. The van der Waals surface area contributed by atoms with Gasteiger partial charge in [-0.3, -0.25) is 4.79 Å². The molecule has 1 N–H and O–H groups in total. The number of hydrogen-bond acceptors (Lipinski definition) is 4. The molecule has 0 atom stereocenters. The molecule has 0 aliphatic rings. The van der Waals surface area contributed by atoms with Crippen LogP contribution in [0.1, 0.15) is 20.8 Å². The number of methoxy groups -OCH3 is 1. The van der Waals surface area contributed by atoms with Gasteiger partial charge in [-0.15, -0.1) is 0 Å². The number of hydrogen-bond donors (Lipinski definition) is 1. The van der Waals surface area contributed by atoms with E-state index in [9.17, 15) is 9.59 Å². The summed E-state index contributed by atoms with van der Waals surface area (Å²) in [4.78, 5) is 24.4. The summed E-state index contributed by atoms with van der Waals surface area (Å²) >= 11 is 0. The van der Waals surface area contributed by atoms with Crippen LogP contribution in [0.4, 0.5) is 4.79 Å². The van der Waals surface area contributed by atoms with Gasteiger partial charge in [0.05, 0.1) is 13.2 Å². The summed E-state index contributed by atoms with van der Waals surface area (Å²) in [5.74, 6) is -0.414. The minimum absolute atomic E-state index is 0.0229. The van der Waals surface area contributed by atoms with Crippen LogP contribution in [0.5, 0.6) is 0 Å². The highest BCUT2D eigenvalue weighted by Gasteiger charge is 2.17. The second-order valence-corrected chi connectivity index (χ2v) is 3.82. The van der Waals surface area contributed by atoms with Gasteiger partial charge in [-0.1, -0.05) is 0 Å². The average Bonchev–Trinajstić information content (AvgIpc) is 2.23. The molecule has 0 bridgehead atoms. The van der Waals surface area contributed by atoms with Crippen LogP contribution in [0, 0.1) is 0 Å². The molecular formula is C11H22N2O4. The molecule has 0 rings (SSSR count). The van der Waals surface area contributed by atoms with Crippen LogP contribution in [0.15, 0.2) is 0 Å². The lowest BCUT2D eigenvalue weighted by molar-refractivity contribution is -0.143. The van der Waals surface area contributed by atoms with E-state index in [1.807, 2.05) is 13.8 Å². The van der Waals surface area contributed by atoms with E-state index in [1.54, 1.807) is 14.0 Å². The molecule has 0 radical (unpaired) electrons. The zero-order chi connectivity index (χ0) is 13.3. The van der Waals surface area contributed by atoms with E-state index < -0.39 is 5.97 Å². The minimum atomic E-state index is -0.414. The number of esters is 1. The molecule has 6 nitrogen and oxygen atoms in total. The molecule has 0 unspecified atom stereocenters. The number of nitrogens with zero attached hydrogens (tertiary/aromatic N) is 1. The maximum absolute atomic E-state index is 11.8. The van der Waals surface area contributed by atoms with Gasteiger partial charge in [0.15, 0.2) is 0 Å². The van der Waals surface area contributed by atoms with Crippen LogP contribution in [0.3, 0.4) is 0 Å². The number of carbonyl (C=O) groups is 2. The fourth-order valence-electron chi connectivity index (χ4n) is 1.15. The van der Waals surface area contributed by atoms with Gasteiger partial charge in [-0.2, -0.15) is 0 Å². The highest BCUT2D eigenvalue weighted by Crippen LogP contribution is 1.94. The van der Waals surface area contributed by atoms with Crippen molar-refractivity contribution in [2.75, 3.05) is 33.4 Å². The zero-order valence-corrected chi connectivity index (χ0v) is 11.0. The third-order valence-corrected chi connectivity index (χ3v) is 1.89. The van der Waals surface area contributed by atoms with Crippen molar-refractivity contribution < 1.29 is 19.1 Å². The predicted molar refractivity (Wildman–Crippen MR) is 63.7 cm³/mol. The van der Waals surface area contributed by atoms with Crippen LogP contribution in [0.25, 0.3) is 0 Å². The second-order valence-electron chi connectivity index (χ2n) is 3.82. The zero-order valence-electron chi connectivity index (χ0n) is 11.0. The standard InChI is InChI=1S/C11H22N2O4/c1-5-17-10(14)8-13(6-7-16-4)11(15)12-9(2)3/h9H,5-8H2,1-4H3,(H,12,15).